The molecule has 23 heavy (non-hydrogen) atoms. The van der Waals surface area contributed by atoms with Crippen molar-refractivity contribution >= 4 is 27.3 Å². The van der Waals surface area contributed by atoms with Gasteiger partial charge >= 0.3 is 0 Å². The van der Waals surface area contributed by atoms with E-state index in [1.54, 1.807) is 26.1 Å². The Bertz CT molecular complexity index is 673. The summed E-state index contributed by atoms with van der Waals surface area (Å²) in [6, 6.07) is 8.78. The third-order valence-electron chi connectivity index (χ3n) is 4.13. The molecule has 0 N–H and O–H groups in total. The molecule has 126 valence electrons. The van der Waals surface area contributed by atoms with Crippen LogP contribution in [0.2, 0.25) is 0 Å². The van der Waals surface area contributed by atoms with E-state index in [9.17, 15) is 18.0 Å². The van der Waals surface area contributed by atoms with E-state index in [4.69, 9.17) is 0 Å². The van der Waals surface area contributed by atoms with E-state index in [0.29, 0.717) is 13.0 Å². The lowest BCUT2D eigenvalue weighted by molar-refractivity contribution is -0.136. The lowest BCUT2D eigenvalue weighted by atomic mass is 10.2. The second-order valence-corrected chi connectivity index (χ2v) is 7.93. The highest BCUT2D eigenvalue weighted by molar-refractivity contribution is 7.91. The highest BCUT2D eigenvalue weighted by Crippen LogP contribution is 2.19. The highest BCUT2D eigenvalue weighted by atomic mass is 32.2. The second kappa shape index (κ2) is 7.12. The third-order valence-corrected chi connectivity index (χ3v) is 5.88. The molecule has 7 heteroatoms. The van der Waals surface area contributed by atoms with E-state index in [0.717, 1.165) is 5.69 Å². The maximum Gasteiger partial charge on any atom is 0.236 e. The molecule has 2 rings (SSSR count). The number of benzene rings is 1. The Hall–Kier alpha value is -1.89. The Kier molecular flexibility index (Phi) is 5.41. The predicted molar refractivity (Wildman–Crippen MR) is 88.9 cm³/mol. The van der Waals surface area contributed by atoms with Crippen LogP contribution in [0.4, 0.5) is 5.69 Å². The Morgan fingerprint density at radius 3 is 2.35 bits per heavy atom. The molecule has 1 heterocycles. The molecule has 0 aromatic heterocycles. The number of hydrogen-bond donors (Lipinski definition) is 0. The van der Waals surface area contributed by atoms with Crippen molar-refractivity contribution in [3.8, 4) is 0 Å². The zero-order valence-electron chi connectivity index (χ0n) is 13.4. The van der Waals surface area contributed by atoms with Crippen molar-refractivity contribution in [1.82, 2.24) is 4.90 Å². The molecule has 1 aliphatic heterocycles. The zero-order chi connectivity index (χ0) is 17.0. The first-order chi connectivity index (χ1) is 10.8. The van der Waals surface area contributed by atoms with E-state index in [-0.39, 0.29) is 35.8 Å². The molecular weight excluding hydrogens is 316 g/mol. The van der Waals surface area contributed by atoms with Crippen LogP contribution in [0.3, 0.4) is 0 Å². The van der Waals surface area contributed by atoms with E-state index in [1.807, 2.05) is 18.2 Å². The van der Waals surface area contributed by atoms with Crippen molar-refractivity contribution in [3.63, 3.8) is 0 Å². The Balaban J connectivity index is 2.01. The number of carbonyl (C=O) groups excluding carboxylic acids is 2. The highest BCUT2D eigenvalue weighted by Gasteiger charge is 2.34. The van der Waals surface area contributed by atoms with Gasteiger partial charge in [-0.1, -0.05) is 18.2 Å². The molecule has 2 amide bonds. The summed E-state index contributed by atoms with van der Waals surface area (Å²) in [5, 5.41) is 0. The van der Waals surface area contributed by atoms with Gasteiger partial charge in [-0.15, -0.1) is 0 Å². The van der Waals surface area contributed by atoms with Crippen LogP contribution in [0.1, 0.15) is 19.8 Å². The molecule has 6 nitrogen and oxygen atoms in total. The lowest BCUT2D eigenvalue weighted by Crippen LogP contribution is -2.43. The number of rotatable bonds is 5. The van der Waals surface area contributed by atoms with E-state index >= 15 is 0 Å². The standard InChI is InChI=1S/C16H22N2O4S/c1-3-18(14-9-10-23(21,22)12-14)16(20)11-15(19)17(2)13-7-5-4-6-8-13/h4-8,14H,3,9-12H2,1-2H3. The van der Waals surface area contributed by atoms with Crippen molar-refractivity contribution in [2.45, 2.75) is 25.8 Å². The van der Waals surface area contributed by atoms with Crippen molar-refractivity contribution in [3.05, 3.63) is 30.3 Å². The summed E-state index contributed by atoms with van der Waals surface area (Å²) in [6.07, 6.45) is 0.195. The van der Waals surface area contributed by atoms with Gasteiger partial charge in [-0.25, -0.2) is 8.42 Å². The minimum Gasteiger partial charge on any atom is -0.338 e. The maximum atomic E-state index is 12.4. The van der Waals surface area contributed by atoms with Crippen LogP contribution in [0.25, 0.3) is 0 Å². The van der Waals surface area contributed by atoms with Crippen LogP contribution in [0.5, 0.6) is 0 Å². The molecule has 1 atom stereocenters. The van der Waals surface area contributed by atoms with Gasteiger partial charge in [0.15, 0.2) is 9.84 Å². The monoisotopic (exact) mass is 338 g/mol. The largest absolute Gasteiger partial charge is 0.338 e. The number of sulfone groups is 1. The molecule has 1 aromatic rings. The summed E-state index contributed by atoms with van der Waals surface area (Å²) in [5.41, 5.74) is 0.719. The molecule has 0 radical (unpaired) electrons. The minimum absolute atomic E-state index is 0.00467. The summed E-state index contributed by atoms with van der Waals surface area (Å²) in [4.78, 5) is 27.6. The summed E-state index contributed by atoms with van der Waals surface area (Å²) >= 11 is 0. The van der Waals surface area contributed by atoms with Crippen molar-refractivity contribution in [2.75, 3.05) is 30.0 Å². The van der Waals surface area contributed by atoms with Crippen LogP contribution in [0.15, 0.2) is 30.3 Å². The molecule has 0 aliphatic carbocycles. The van der Waals surface area contributed by atoms with Crippen LogP contribution in [-0.4, -0.2) is 56.3 Å². The molecular formula is C16H22N2O4S. The fourth-order valence-corrected chi connectivity index (χ4v) is 4.54. The fraction of sp³-hybridized carbons (Fsp3) is 0.500. The molecule has 0 saturated carbocycles. The first-order valence-corrected chi connectivity index (χ1v) is 9.47. The summed E-state index contributed by atoms with van der Waals surface area (Å²) in [6.45, 7) is 2.20. The zero-order valence-corrected chi connectivity index (χ0v) is 14.3. The van der Waals surface area contributed by atoms with Crippen LogP contribution >= 0.6 is 0 Å². The molecule has 1 aliphatic rings. The van der Waals surface area contributed by atoms with E-state index in [1.165, 1.54) is 9.80 Å². The van der Waals surface area contributed by atoms with Gasteiger partial charge in [0, 0.05) is 25.3 Å². The van der Waals surface area contributed by atoms with Gasteiger partial charge in [-0.3, -0.25) is 9.59 Å². The molecule has 1 saturated heterocycles. The molecule has 1 unspecified atom stereocenters. The lowest BCUT2D eigenvalue weighted by Gasteiger charge is -2.27. The molecule has 1 aromatic carbocycles. The smallest absolute Gasteiger partial charge is 0.236 e. The number of nitrogens with zero attached hydrogens (tertiary/aromatic N) is 2. The summed E-state index contributed by atoms with van der Waals surface area (Å²) < 4.78 is 23.2. The van der Waals surface area contributed by atoms with Gasteiger partial charge in [0.05, 0.1) is 11.5 Å². The first kappa shape index (κ1) is 17.5. The summed E-state index contributed by atoms with van der Waals surface area (Å²) in [7, 11) is -1.43. The Labute approximate surface area is 137 Å². The normalized spacial score (nSPS) is 19.3. The average Bonchev–Trinajstić information content (AvgIpc) is 2.87. The molecule has 0 bridgehead atoms. The Morgan fingerprint density at radius 2 is 1.83 bits per heavy atom. The number of anilines is 1. The van der Waals surface area contributed by atoms with Crippen molar-refractivity contribution in [1.29, 1.82) is 0 Å². The number of amides is 2. The first-order valence-electron chi connectivity index (χ1n) is 7.65. The van der Waals surface area contributed by atoms with Crippen LogP contribution < -0.4 is 4.90 Å². The second-order valence-electron chi connectivity index (χ2n) is 5.70. The van der Waals surface area contributed by atoms with Gasteiger partial charge < -0.3 is 9.80 Å². The van der Waals surface area contributed by atoms with E-state index in [2.05, 4.69) is 0 Å². The van der Waals surface area contributed by atoms with Gasteiger partial charge in [-0.05, 0) is 25.5 Å². The van der Waals surface area contributed by atoms with Gasteiger partial charge in [0.25, 0.3) is 0 Å². The molecule has 1 fully saturated rings. The number of hydrogen-bond acceptors (Lipinski definition) is 4. The SMILES string of the molecule is CCN(C(=O)CC(=O)N(C)c1ccccc1)C1CCS(=O)(=O)C1. The van der Waals surface area contributed by atoms with Gasteiger partial charge in [0.1, 0.15) is 6.42 Å². The van der Waals surface area contributed by atoms with Gasteiger partial charge in [-0.2, -0.15) is 0 Å². The predicted octanol–water partition coefficient (Wildman–Crippen LogP) is 1.08. The average molecular weight is 338 g/mol. The summed E-state index contributed by atoms with van der Waals surface area (Å²) in [5.74, 6) is -0.517. The Morgan fingerprint density at radius 1 is 1.17 bits per heavy atom. The minimum atomic E-state index is -3.06. The fourth-order valence-electron chi connectivity index (χ4n) is 2.80. The number of para-hydroxylation sites is 1. The van der Waals surface area contributed by atoms with Crippen molar-refractivity contribution in [2.24, 2.45) is 0 Å². The number of carbonyl (C=O) groups is 2. The maximum absolute atomic E-state index is 12.4. The van der Waals surface area contributed by atoms with Crippen LogP contribution in [-0.2, 0) is 19.4 Å². The van der Waals surface area contributed by atoms with Gasteiger partial charge in [0.2, 0.25) is 11.8 Å². The van der Waals surface area contributed by atoms with E-state index < -0.39 is 9.84 Å². The van der Waals surface area contributed by atoms with Crippen molar-refractivity contribution < 1.29 is 18.0 Å². The van der Waals surface area contributed by atoms with Crippen LogP contribution in [0, 0.1) is 0 Å². The third kappa shape index (κ3) is 4.31. The quantitative estimate of drug-likeness (QED) is 0.753. The molecule has 0 spiro atoms. The topological polar surface area (TPSA) is 74.8 Å².